The van der Waals surface area contributed by atoms with Gasteiger partial charge in [0.05, 0.1) is 7.11 Å². The molecule has 0 unspecified atom stereocenters. The van der Waals surface area contributed by atoms with Crippen molar-refractivity contribution < 1.29 is 4.74 Å². The van der Waals surface area contributed by atoms with Crippen molar-refractivity contribution in [3.05, 3.63) is 41.6 Å². The Morgan fingerprint density at radius 1 is 1.12 bits per heavy atom. The number of aryl methyl sites for hydroxylation is 2. The van der Waals surface area contributed by atoms with Gasteiger partial charge in [-0.3, -0.25) is 0 Å². The Morgan fingerprint density at radius 3 is 2.53 bits per heavy atom. The van der Waals surface area contributed by atoms with E-state index >= 15 is 0 Å². The number of nitrogens with two attached hydrogens (primary N) is 1. The summed E-state index contributed by atoms with van der Waals surface area (Å²) in [5.74, 6) is 1.45. The molecule has 1 heterocycles. The van der Waals surface area contributed by atoms with Gasteiger partial charge in [0.25, 0.3) is 0 Å². The van der Waals surface area contributed by atoms with Gasteiger partial charge in [0.2, 0.25) is 0 Å². The Hall–Kier alpha value is -2.03. The molecule has 17 heavy (non-hydrogen) atoms. The van der Waals surface area contributed by atoms with Crippen LogP contribution in [-0.4, -0.2) is 12.1 Å². The van der Waals surface area contributed by atoms with Crippen LogP contribution in [0.25, 0.3) is 11.1 Å². The quantitative estimate of drug-likeness (QED) is 0.859. The normalized spacial score (nSPS) is 10.3. The minimum Gasteiger partial charge on any atom is -0.496 e. The highest BCUT2D eigenvalue weighted by Gasteiger charge is 2.09. The number of benzene rings is 1. The summed E-state index contributed by atoms with van der Waals surface area (Å²) in [5, 5.41) is 0. The molecule has 0 radical (unpaired) electrons. The molecule has 3 nitrogen and oxygen atoms in total. The van der Waals surface area contributed by atoms with E-state index in [9.17, 15) is 0 Å². The highest BCUT2D eigenvalue weighted by molar-refractivity contribution is 5.77. The van der Waals surface area contributed by atoms with Crippen LogP contribution in [0.2, 0.25) is 0 Å². The maximum absolute atomic E-state index is 5.90. The van der Waals surface area contributed by atoms with Crippen molar-refractivity contribution in [2.45, 2.75) is 13.8 Å². The Bertz CT molecular complexity index is 550. The van der Waals surface area contributed by atoms with Gasteiger partial charge in [-0.1, -0.05) is 0 Å². The number of aromatic nitrogens is 1. The van der Waals surface area contributed by atoms with Gasteiger partial charge >= 0.3 is 0 Å². The average molecular weight is 228 g/mol. The predicted molar refractivity (Wildman–Crippen MR) is 70.1 cm³/mol. The molecule has 2 rings (SSSR count). The maximum atomic E-state index is 5.90. The fourth-order valence-electron chi connectivity index (χ4n) is 1.95. The van der Waals surface area contributed by atoms with E-state index in [4.69, 9.17) is 10.5 Å². The monoisotopic (exact) mass is 228 g/mol. The smallest absolute Gasteiger partial charge is 0.131 e. The minimum absolute atomic E-state index is 0.556. The second-order valence-electron chi connectivity index (χ2n) is 4.07. The summed E-state index contributed by atoms with van der Waals surface area (Å²) in [5.41, 5.74) is 10.2. The van der Waals surface area contributed by atoms with Gasteiger partial charge in [-0.2, -0.15) is 0 Å². The molecule has 0 atom stereocenters. The Balaban J connectivity index is 2.61. The third-order valence-electron chi connectivity index (χ3n) is 2.87. The van der Waals surface area contributed by atoms with Crippen molar-refractivity contribution in [2.75, 3.05) is 12.8 Å². The first-order valence-electron chi connectivity index (χ1n) is 5.49. The Kier molecular flexibility index (Phi) is 3.00. The van der Waals surface area contributed by atoms with E-state index in [1.54, 1.807) is 13.3 Å². The summed E-state index contributed by atoms with van der Waals surface area (Å²) in [6, 6.07) is 7.99. The molecule has 0 spiro atoms. The number of rotatable bonds is 2. The van der Waals surface area contributed by atoms with E-state index in [1.165, 1.54) is 0 Å². The van der Waals surface area contributed by atoms with Crippen molar-refractivity contribution in [3.63, 3.8) is 0 Å². The van der Waals surface area contributed by atoms with Gasteiger partial charge in [0.15, 0.2) is 0 Å². The molecule has 0 aliphatic rings. The molecule has 0 fully saturated rings. The molecule has 0 bridgehead atoms. The van der Waals surface area contributed by atoms with E-state index in [0.717, 1.165) is 28.0 Å². The van der Waals surface area contributed by atoms with Crippen molar-refractivity contribution in [1.82, 2.24) is 4.98 Å². The number of nitrogen functional groups attached to an aromatic ring is 1. The van der Waals surface area contributed by atoms with Gasteiger partial charge in [0.1, 0.15) is 11.6 Å². The molecule has 0 saturated carbocycles. The molecule has 1 aromatic heterocycles. The summed E-state index contributed by atoms with van der Waals surface area (Å²) in [7, 11) is 1.68. The SMILES string of the molecule is COc1cc(C)c(-c2cccnc2N)cc1C. The topological polar surface area (TPSA) is 48.1 Å². The molecule has 3 heteroatoms. The third kappa shape index (κ3) is 2.09. The van der Waals surface area contributed by atoms with Gasteiger partial charge in [-0.05, 0) is 54.8 Å². The standard InChI is InChI=1S/C14H16N2O/c1-9-8-13(17-3)10(2)7-12(9)11-5-4-6-16-14(11)15/h4-8H,1-3H3,(H2,15,16). The van der Waals surface area contributed by atoms with Gasteiger partial charge in [-0.25, -0.2) is 4.98 Å². The lowest BCUT2D eigenvalue weighted by molar-refractivity contribution is 0.411. The van der Waals surface area contributed by atoms with Crippen LogP contribution < -0.4 is 10.5 Å². The summed E-state index contributed by atoms with van der Waals surface area (Å²) >= 11 is 0. The molecule has 88 valence electrons. The fourth-order valence-corrected chi connectivity index (χ4v) is 1.95. The lowest BCUT2D eigenvalue weighted by Gasteiger charge is -2.12. The lowest BCUT2D eigenvalue weighted by Crippen LogP contribution is -1.96. The van der Waals surface area contributed by atoms with Crippen LogP contribution in [0.1, 0.15) is 11.1 Å². The minimum atomic E-state index is 0.556. The fraction of sp³-hybridized carbons (Fsp3) is 0.214. The second kappa shape index (κ2) is 4.45. The van der Waals surface area contributed by atoms with E-state index in [0.29, 0.717) is 5.82 Å². The molecular formula is C14H16N2O. The molecular weight excluding hydrogens is 212 g/mol. The van der Waals surface area contributed by atoms with Crippen LogP contribution in [0.3, 0.4) is 0 Å². The highest BCUT2D eigenvalue weighted by atomic mass is 16.5. The van der Waals surface area contributed by atoms with Crippen LogP contribution in [0.5, 0.6) is 5.75 Å². The number of hydrogen-bond donors (Lipinski definition) is 1. The van der Waals surface area contributed by atoms with Crippen molar-refractivity contribution >= 4 is 5.82 Å². The van der Waals surface area contributed by atoms with Crippen molar-refractivity contribution in [2.24, 2.45) is 0 Å². The summed E-state index contributed by atoms with van der Waals surface area (Å²) in [6.45, 7) is 4.07. The number of methoxy groups -OCH3 is 1. The Morgan fingerprint density at radius 2 is 1.88 bits per heavy atom. The predicted octanol–water partition coefficient (Wildman–Crippen LogP) is 2.96. The lowest BCUT2D eigenvalue weighted by atomic mass is 9.98. The molecule has 2 N–H and O–H groups in total. The molecule has 0 aliphatic heterocycles. The highest BCUT2D eigenvalue weighted by Crippen LogP contribution is 2.32. The third-order valence-corrected chi connectivity index (χ3v) is 2.87. The summed E-state index contributed by atoms with van der Waals surface area (Å²) in [4.78, 5) is 4.12. The number of hydrogen-bond acceptors (Lipinski definition) is 3. The van der Waals surface area contributed by atoms with Gasteiger partial charge in [0, 0.05) is 11.8 Å². The van der Waals surface area contributed by atoms with Gasteiger partial charge in [-0.15, -0.1) is 0 Å². The van der Waals surface area contributed by atoms with Gasteiger partial charge < -0.3 is 10.5 Å². The number of pyridine rings is 1. The largest absolute Gasteiger partial charge is 0.496 e. The van der Waals surface area contributed by atoms with E-state index in [2.05, 4.69) is 11.1 Å². The molecule has 0 aliphatic carbocycles. The average Bonchev–Trinajstić information content (AvgIpc) is 2.32. The van der Waals surface area contributed by atoms with Crippen LogP contribution in [0.4, 0.5) is 5.82 Å². The number of anilines is 1. The van der Waals surface area contributed by atoms with E-state index in [1.807, 2.05) is 32.0 Å². The zero-order valence-electron chi connectivity index (χ0n) is 10.3. The maximum Gasteiger partial charge on any atom is 0.131 e. The van der Waals surface area contributed by atoms with Crippen molar-refractivity contribution in [3.8, 4) is 16.9 Å². The van der Waals surface area contributed by atoms with E-state index in [-0.39, 0.29) is 0 Å². The molecule has 2 aromatic rings. The van der Waals surface area contributed by atoms with Crippen LogP contribution in [0, 0.1) is 13.8 Å². The molecule has 0 amide bonds. The van der Waals surface area contributed by atoms with E-state index < -0.39 is 0 Å². The van der Waals surface area contributed by atoms with Crippen molar-refractivity contribution in [1.29, 1.82) is 0 Å². The molecule has 0 saturated heterocycles. The van der Waals surface area contributed by atoms with Crippen LogP contribution >= 0.6 is 0 Å². The first kappa shape index (κ1) is 11.5. The zero-order valence-corrected chi connectivity index (χ0v) is 10.3. The first-order chi connectivity index (χ1) is 8.13. The Labute approximate surface area is 101 Å². The molecule has 1 aromatic carbocycles. The summed E-state index contributed by atoms with van der Waals surface area (Å²) < 4.78 is 5.30. The van der Waals surface area contributed by atoms with Crippen LogP contribution in [-0.2, 0) is 0 Å². The van der Waals surface area contributed by atoms with Crippen LogP contribution in [0.15, 0.2) is 30.5 Å². The zero-order chi connectivity index (χ0) is 12.4. The first-order valence-corrected chi connectivity index (χ1v) is 5.49. The number of ether oxygens (including phenoxy) is 1. The second-order valence-corrected chi connectivity index (χ2v) is 4.07. The summed E-state index contributed by atoms with van der Waals surface area (Å²) in [6.07, 6.45) is 1.70. The number of nitrogens with zero attached hydrogens (tertiary/aromatic N) is 1.